The zero-order chi connectivity index (χ0) is 18.0. The number of pyridine rings is 1. The van der Waals surface area contributed by atoms with Crippen LogP contribution >= 0.6 is 11.3 Å². The van der Waals surface area contributed by atoms with Gasteiger partial charge in [-0.3, -0.25) is 9.78 Å². The Bertz CT molecular complexity index is 846. The lowest BCUT2D eigenvalue weighted by Gasteiger charge is -2.64. The predicted molar refractivity (Wildman–Crippen MR) is 102 cm³/mol. The highest BCUT2D eigenvalue weighted by Gasteiger charge is 2.62. The van der Waals surface area contributed by atoms with E-state index >= 15 is 0 Å². The number of aromatic nitrogens is 3. The van der Waals surface area contributed by atoms with Gasteiger partial charge in [-0.15, -0.1) is 10.2 Å². The maximum atomic E-state index is 13.3. The van der Waals surface area contributed by atoms with E-state index in [-0.39, 0.29) is 11.3 Å². The van der Waals surface area contributed by atoms with Crippen molar-refractivity contribution in [3.05, 3.63) is 24.5 Å². The minimum absolute atomic E-state index is 0.163. The zero-order valence-corrected chi connectivity index (χ0v) is 16.1. The molecule has 1 N–H and O–H groups in total. The molecule has 4 aliphatic carbocycles. The van der Waals surface area contributed by atoms with Crippen molar-refractivity contribution >= 4 is 22.4 Å². The average Bonchev–Trinajstić information content (AvgIpc) is 3.01. The van der Waals surface area contributed by atoms with Crippen LogP contribution in [-0.2, 0) is 4.79 Å². The Kier molecular flexibility index (Phi) is 3.36. The number of nitrogens with one attached hydrogen (secondary N) is 1. The first kappa shape index (κ1) is 16.4. The van der Waals surface area contributed by atoms with E-state index in [0.717, 1.165) is 29.8 Å². The molecule has 4 fully saturated rings. The third-order valence-electron chi connectivity index (χ3n) is 6.68. The van der Waals surface area contributed by atoms with E-state index < -0.39 is 0 Å². The molecule has 26 heavy (non-hydrogen) atoms. The van der Waals surface area contributed by atoms with Crippen LogP contribution in [0.25, 0.3) is 10.6 Å². The van der Waals surface area contributed by atoms with Gasteiger partial charge in [0.25, 0.3) is 0 Å². The molecular weight excluding hydrogens is 344 g/mol. The Hall–Kier alpha value is -1.82. The molecule has 0 spiro atoms. The molecule has 1 amide bonds. The van der Waals surface area contributed by atoms with Gasteiger partial charge < -0.3 is 5.32 Å². The Balaban J connectivity index is 1.39. The number of anilines is 1. The summed E-state index contributed by atoms with van der Waals surface area (Å²) in [5, 5.41) is 13.0. The molecule has 0 saturated heterocycles. The molecule has 2 atom stereocenters. The highest BCUT2D eigenvalue weighted by molar-refractivity contribution is 7.18. The van der Waals surface area contributed by atoms with Crippen LogP contribution in [-0.4, -0.2) is 21.1 Å². The van der Waals surface area contributed by atoms with Crippen molar-refractivity contribution in [3.8, 4) is 10.6 Å². The number of amides is 1. The van der Waals surface area contributed by atoms with Crippen LogP contribution < -0.4 is 5.32 Å². The molecule has 136 valence electrons. The SMILES string of the molecule is CC12CC3CC(C)(C1)CC(C(=O)Nc1nnc(-c4ccncc4)s1)(C3)C2. The molecule has 4 aliphatic rings. The standard InChI is InChI=1S/C20H24N4OS/c1-18-7-13-8-19(2,10-18)12-20(9-13,11-18)16(25)22-17-24-23-15(26-17)14-3-5-21-6-4-14/h3-6,13H,7-12H2,1-2H3,(H,22,24,25). The summed E-state index contributed by atoms with van der Waals surface area (Å²) in [7, 11) is 0. The summed E-state index contributed by atoms with van der Waals surface area (Å²) in [6.45, 7) is 4.79. The van der Waals surface area contributed by atoms with E-state index in [2.05, 4.69) is 34.3 Å². The maximum Gasteiger partial charge on any atom is 0.232 e. The van der Waals surface area contributed by atoms with Crippen molar-refractivity contribution in [2.75, 3.05) is 5.32 Å². The molecule has 4 saturated carbocycles. The van der Waals surface area contributed by atoms with Gasteiger partial charge in [-0.1, -0.05) is 25.2 Å². The first-order chi connectivity index (χ1) is 12.4. The Labute approximate surface area is 157 Å². The molecule has 0 aromatic carbocycles. The van der Waals surface area contributed by atoms with E-state index in [1.165, 1.54) is 30.6 Å². The van der Waals surface area contributed by atoms with Crippen LogP contribution in [0.3, 0.4) is 0 Å². The van der Waals surface area contributed by atoms with Crippen molar-refractivity contribution in [2.45, 2.75) is 52.4 Å². The molecule has 5 nitrogen and oxygen atoms in total. The zero-order valence-electron chi connectivity index (χ0n) is 15.3. The number of carbonyl (C=O) groups excluding carboxylic acids is 1. The quantitative estimate of drug-likeness (QED) is 0.864. The molecule has 2 aromatic heterocycles. The largest absolute Gasteiger partial charge is 0.300 e. The summed E-state index contributed by atoms with van der Waals surface area (Å²) in [5.74, 6) is 0.866. The lowest BCUT2D eigenvalue weighted by molar-refractivity contribution is -0.165. The molecule has 2 unspecified atom stereocenters. The van der Waals surface area contributed by atoms with Gasteiger partial charge in [0, 0.05) is 18.0 Å². The minimum Gasteiger partial charge on any atom is -0.300 e. The van der Waals surface area contributed by atoms with Crippen molar-refractivity contribution in [1.29, 1.82) is 0 Å². The fraction of sp³-hybridized carbons (Fsp3) is 0.600. The average molecular weight is 369 g/mol. The summed E-state index contributed by atoms with van der Waals surface area (Å²) < 4.78 is 0. The summed E-state index contributed by atoms with van der Waals surface area (Å²) in [6, 6.07) is 3.82. The first-order valence-corrected chi connectivity index (χ1v) is 10.2. The van der Waals surface area contributed by atoms with E-state index in [0.29, 0.717) is 21.9 Å². The molecule has 0 aliphatic heterocycles. The smallest absolute Gasteiger partial charge is 0.232 e. The van der Waals surface area contributed by atoms with E-state index in [1.807, 2.05) is 12.1 Å². The van der Waals surface area contributed by atoms with Crippen LogP contribution in [0.4, 0.5) is 5.13 Å². The monoisotopic (exact) mass is 368 g/mol. The second-order valence-electron chi connectivity index (χ2n) is 9.51. The molecule has 4 bridgehead atoms. The van der Waals surface area contributed by atoms with Crippen molar-refractivity contribution < 1.29 is 4.79 Å². The van der Waals surface area contributed by atoms with E-state index in [1.54, 1.807) is 12.4 Å². The second kappa shape index (κ2) is 5.35. The van der Waals surface area contributed by atoms with Crippen LogP contribution in [0.5, 0.6) is 0 Å². The highest BCUT2D eigenvalue weighted by Crippen LogP contribution is 2.69. The van der Waals surface area contributed by atoms with Gasteiger partial charge in [-0.25, -0.2) is 0 Å². The molecular formula is C20H24N4OS. The number of nitrogens with zero attached hydrogens (tertiary/aromatic N) is 3. The van der Waals surface area contributed by atoms with Crippen molar-refractivity contribution in [3.63, 3.8) is 0 Å². The van der Waals surface area contributed by atoms with Crippen LogP contribution in [0.1, 0.15) is 52.4 Å². The molecule has 0 radical (unpaired) electrons. The Morgan fingerprint density at radius 1 is 1.08 bits per heavy atom. The number of hydrogen-bond donors (Lipinski definition) is 1. The fourth-order valence-corrected chi connectivity index (χ4v) is 7.56. The van der Waals surface area contributed by atoms with Gasteiger partial charge in [0.2, 0.25) is 11.0 Å². The third-order valence-corrected chi connectivity index (χ3v) is 7.57. The molecule has 2 heterocycles. The number of rotatable bonds is 3. The molecule has 6 heteroatoms. The first-order valence-electron chi connectivity index (χ1n) is 9.43. The lowest BCUT2D eigenvalue weighted by Crippen LogP contribution is -2.58. The van der Waals surface area contributed by atoms with Crippen molar-refractivity contribution in [1.82, 2.24) is 15.2 Å². The topological polar surface area (TPSA) is 67.8 Å². The Morgan fingerprint density at radius 3 is 2.42 bits per heavy atom. The summed E-state index contributed by atoms with van der Waals surface area (Å²) in [5.41, 5.74) is 1.42. The van der Waals surface area contributed by atoms with E-state index in [4.69, 9.17) is 0 Å². The Morgan fingerprint density at radius 2 is 1.77 bits per heavy atom. The normalized spacial score (nSPS) is 37.7. The second-order valence-corrected chi connectivity index (χ2v) is 10.5. The molecule has 6 rings (SSSR count). The van der Waals surface area contributed by atoms with Crippen molar-refractivity contribution in [2.24, 2.45) is 22.2 Å². The highest BCUT2D eigenvalue weighted by atomic mass is 32.1. The lowest BCUT2D eigenvalue weighted by atomic mass is 9.40. The summed E-state index contributed by atoms with van der Waals surface area (Å²) in [6.07, 6.45) is 10.4. The van der Waals surface area contributed by atoms with Gasteiger partial charge >= 0.3 is 0 Å². The number of carbonyl (C=O) groups is 1. The third kappa shape index (κ3) is 2.57. The predicted octanol–water partition coefficient (Wildman–Crippen LogP) is 4.54. The summed E-state index contributed by atoms with van der Waals surface area (Å²) in [4.78, 5) is 17.3. The molecule has 2 aromatic rings. The minimum atomic E-state index is -0.217. The maximum absolute atomic E-state index is 13.3. The fourth-order valence-electron chi connectivity index (χ4n) is 6.82. The summed E-state index contributed by atoms with van der Waals surface area (Å²) >= 11 is 1.43. The van der Waals surface area contributed by atoms with Gasteiger partial charge in [-0.05, 0) is 67.4 Å². The number of hydrogen-bond acceptors (Lipinski definition) is 5. The van der Waals surface area contributed by atoms with Gasteiger partial charge in [0.15, 0.2) is 0 Å². The van der Waals surface area contributed by atoms with E-state index in [9.17, 15) is 4.79 Å². The van der Waals surface area contributed by atoms with Gasteiger partial charge in [0.1, 0.15) is 5.01 Å². The van der Waals surface area contributed by atoms with Gasteiger partial charge in [0.05, 0.1) is 5.41 Å². The van der Waals surface area contributed by atoms with Crippen LogP contribution in [0, 0.1) is 22.2 Å². The van der Waals surface area contributed by atoms with Gasteiger partial charge in [-0.2, -0.15) is 0 Å². The van der Waals surface area contributed by atoms with Crippen LogP contribution in [0.2, 0.25) is 0 Å². The van der Waals surface area contributed by atoms with Crippen LogP contribution in [0.15, 0.2) is 24.5 Å².